The molecule has 13 heteroatoms. The number of nitro groups is 1. The van der Waals surface area contributed by atoms with Crippen LogP contribution in [0.15, 0.2) is 76.6 Å². The predicted molar refractivity (Wildman–Crippen MR) is 153 cm³/mol. The van der Waals surface area contributed by atoms with E-state index in [9.17, 15) is 24.5 Å². The van der Waals surface area contributed by atoms with Crippen molar-refractivity contribution in [3.8, 4) is 5.75 Å². The number of benzene rings is 3. The number of aromatic nitrogens is 1. The van der Waals surface area contributed by atoms with Gasteiger partial charge in [-0.15, -0.1) is 0 Å². The first-order valence-electron chi connectivity index (χ1n) is 11.9. The van der Waals surface area contributed by atoms with Crippen LogP contribution in [-0.4, -0.2) is 27.0 Å². The third-order valence-electron chi connectivity index (χ3n) is 6.73. The molecule has 6 rings (SSSR count). The van der Waals surface area contributed by atoms with E-state index in [1.807, 2.05) is 6.07 Å². The lowest BCUT2D eigenvalue weighted by molar-refractivity contribution is -0.385. The Morgan fingerprint density at radius 1 is 0.975 bits per heavy atom. The lowest BCUT2D eigenvalue weighted by atomic mass is 9.82. The molecule has 2 aliphatic rings. The topological polar surface area (TPSA) is 123 Å². The van der Waals surface area contributed by atoms with Gasteiger partial charge in [-0.1, -0.05) is 58.4 Å². The van der Waals surface area contributed by atoms with Gasteiger partial charge in [0.05, 0.1) is 21.6 Å². The van der Waals surface area contributed by atoms with E-state index in [0.717, 1.165) is 33.6 Å². The molecule has 3 aromatic carbocycles. The summed E-state index contributed by atoms with van der Waals surface area (Å²) in [5, 5.41) is 12.3. The molecule has 202 valence electrons. The Morgan fingerprint density at radius 2 is 1.75 bits per heavy atom. The number of fused-ring (bicyclic) bond motifs is 2. The van der Waals surface area contributed by atoms with Crippen LogP contribution in [0.25, 0.3) is 0 Å². The summed E-state index contributed by atoms with van der Waals surface area (Å²) in [4.78, 5) is 55.3. The molecule has 1 N–H and O–H groups in total. The SMILES string of the molecule is O=C1C2Sc3[nH]c(=O)sc3[C@H](c3cc([N+](=O)[O-])ccc3OCc3cccc(Cl)c3)C2C(=O)N1c1ccc(Cl)cc1. The maximum absolute atomic E-state index is 14.0. The fourth-order valence-corrected chi connectivity index (χ4v) is 7.85. The Morgan fingerprint density at radius 3 is 2.48 bits per heavy atom. The van der Waals surface area contributed by atoms with Gasteiger partial charge in [0.25, 0.3) is 5.69 Å². The van der Waals surface area contributed by atoms with Crippen molar-refractivity contribution in [2.45, 2.75) is 22.8 Å². The maximum Gasteiger partial charge on any atom is 0.305 e. The molecule has 0 spiro atoms. The van der Waals surface area contributed by atoms with Crippen LogP contribution in [-0.2, 0) is 16.2 Å². The minimum absolute atomic E-state index is 0.0982. The number of halogens is 2. The summed E-state index contributed by atoms with van der Waals surface area (Å²) in [5.41, 5.74) is 1.25. The highest BCUT2D eigenvalue weighted by molar-refractivity contribution is 8.00. The standard InChI is InChI=1S/C27H17Cl2N3O6S2/c28-14-4-6-16(7-5-14)31-25(33)21-20(22-24(30-27(35)40-22)39-23(21)26(31)34)18-11-17(32(36)37)8-9-19(18)38-12-13-2-1-3-15(29)10-13/h1-11,20-21,23H,12H2,(H,30,35)/t20-,21?,23?/m1/s1. The van der Waals surface area contributed by atoms with Crippen LogP contribution < -0.4 is 14.5 Å². The first-order chi connectivity index (χ1) is 19.2. The lowest BCUT2D eigenvalue weighted by Crippen LogP contribution is -2.32. The number of thioether (sulfide) groups is 1. The third-order valence-corrected chi connectivity index (χ3v) is 9.62. The second-order valence-corrected chi connectivity index (χ2v) is 12.2. The van der Waals surface area contributed by atoms with Crippen molar-refractivity contribution in [1.29, 1.82) is 0 Å². The van der Waals surface area contributed by atoms with E-state index in [2.05, 4.69) is 4.98 Å². The molecular weight excluding hydrogens is 597 g/mol. The average Bonchev–Trinajstić information content (AvgIpc) is 3.42. The fraction of sp³-hybridized carbons (Fsp3) is 0.148. The van der Waals surface area contributed by atoms with E-state index in [-0.39, 0.29) is 17.2 Å². The van der Waals surface area contributed by atoms with Gasteiger partial charge in [-0.2, -0.15) is 0 Å². The number of carbonyl (C=O) groups is 2. The van der Waals surface area contributed by atoms with Crippen LogP contribution in [0.2, 0.25) is 10.0 Å². The monoisotopic (exact) mass is 613 g/mol. The van der Waals surface area contributed by atoms with Crippen LogP contribution in [0.3, 0.4) is 0 Å². The van der Waals surface area contributed by atoms with Crippen molar-refractivity contribution in [2.24, 2.45) is 5.92 Å². The quantitative estimate of drug-likeness (QED) is 0.160. The summed E-state index contributed by atoms with van der Waals surface area (Å²) in [6.45, 7) is 0.0982. The van der Waals surface area contributed by atoms with Gasteiger partial charge in [0.2, 0.25) is 11.8 Å². The Labute approximate surface area is 244 Å². The second kappa shape index (κ2) is 10.4. The van der Waals surface area contributed by atoms with Gasteiger partial charge in [-0.05, 0) is 48.0 Å². The minimum Gasteiger partial charge on any atom is -0.489 e. The van der Waals surface area contributed by atoms with Gasteiger partial charge in [-0.3, -0.25) is 24.5 Å². The summed E-state index contributed by atoms with van der Waals surface area (Å²) < 4.78 is 6.13. The first-order valence-corrected chi connectivity index (χ1v) is 14.3. The Kier molecular flexibility index (Phi) is 6.91. The van der Waals surface area contributed by atoms with Crippen molar-refractivity contribution in [3.63, 3.8) is 0 Å². The number of hydrogen-bond acceptors (Lipinski definition) is 8. The molecule has 1 saturated heterocycles. The van der Waals surface area contributed by atoms with Crippen molar-refractivity contribution >= 4 is 69.5 Å². The molecule has 3 heterocycles. The van der Waals surface area contributed by atoms with E-state index in [4.69, 9.17) is 27.9 Å². The molecule has 4 aromatic rings. The molecule has 3 atom stereocenters. The highest BCUT2D eigenvalue weighted by atomic mass is 35.5. The third kappa shape index (κ3) is 4.68. The number of aromatic amines is 1. The van der Waals surface area contributed by atoms with Crippen molar-refractivity contribution in [3.05, 3.63) is 113 Å². The first kappa shape index (κ1) is 26.6. The number of ether oxygens (including phenoxy) is 1. The number of amides is 2. The van der Waals surface area contributed by atoms with E-state index in [1.165, 1.54) is 18.2 Å². The van der Waals surface area contributed by atoms with Gasteiger partial charge in [0.15, 0.2) is 0 Å². The van der Waals surface area contributed by atoms with Crippen molar-refractivity contribution in [2.75, 3.05) is 4.90 Å². The Balaban J connectivity index is 1.48. The molecule has 0 aliphatic carbocycles. The van der Waals surface area contributed by atoms with Crippen LogP contribution in [0.1, 0.15) is 21.9 Å². The molecule has 0 radical (unpaired) electrons. The highest BCUT2D eigenvalue weighted by Crippen LogP contribution is 2.55. The zero-order valence-electron chi connectivity index (χ0n) is 20.2. The maximum atomic E-state index is 14.0. The van der Waals surface area contributed by atoms with Crippen molar-refractivity contribution in [1.82, 2.24) is 4.98 Å². The van der Waals surface area contributed by atoms with Gasteiger partial charge < -0.3 is 9.72 Å². The van der Waals surface area contributed by atoms with Crippen LogP contribution >= 0.6 is 46.3 Å². The molecular formula is C27H17Cl2N3O6S2. The van der Waals surface area contributed by atoms with E-state index < -0.39 is 33.8 Å². The zero-order valence-corrected chi connectivity index (χ0v) is 23.4. The summed E-state index contributed by atoms with van der Waals surface area (Å²) >= 11 is 14.2. The number of hydrogen-bond donors (Lipinski definition) is 1. The summed E-state index contributed by atoms with van der Waals surface area (Å²) in [7, 11) is 0. The van der Waals surface area contributed by atoms with Crippen LogP contribution in [0.5, 0.6) is 5.75 Å². The Hall–Kier alpha value is -3.64. The van der Waals surface area contributed by atoms with E-state index in [0.29, 0.717) is 36.9 Å². The minimum atomic E-state index is -0.942. The molecule has 0 bridgehead atoms. The summed E-state index contributed by atoms with van der Waals surface area (Å²) in [5.74, 6) is -2.43. The average molecular weight is 614 g/mol. The van der Waals surface area contributed by atoms with Gasteiger partial charge >= 0.3 is 4.87 Å². The number of nitrogens with one attached hydrogen (secondary N) is 1. The summed E-state index contributed by atoms with van der Waals surface area (Å²) in [6, 6.07) is 17.5. The number of anilines is 1. The van der Waals surface area contributed by atoms with Crippen LogP contribution in [0, 0.1) is 16.0 Å². The predicted octanol–water partition coefficient (Wildman–Crippen LogP) is 6.03. The molecule has 2 unspecified atom stereocenters. The Bertz CT molecular complexity index is 1740. The summed E-state index contributed by atoms with van der Waals surface area (Å²) in [6.07, 6.45) is 0. The number of thiazole rings is 1. The number of rotatable bonds is 6. The van der Waals surface area contributed by atoms with E-state index in [1.54, 1.807) is 42.5 Å². The number of imide groups is 1. The van der Waals surface area contributed by atoms with Crippen LogP contribution in [0.4, 0.5) is 11.4 Å². The number of nitro benzene ring substituents is 1. The zero-order chi connectivity index (χ0) is 28.1. The lowest BCUT2D eigenvalue weighted by Gasteiger charge is -2.30. The van der Waals surface area contributed by atoms with Gasteiger partial charge in [0.1, 0.15) is 17.6 Å². The largest absolute Gasteiger partial charge is 0.489 e. The van der Waals surface area contributed by atoms with Gasteiger partial charge in [-0.25, -0.2) is 4.90 Å². The fourth-order valence-electron chi connectivity index (χ4n) is 5.01. The molecule has 0 saturated carbocycles. The van der Waals surface area contributed by atoms with E-state index >= 15 is 0 Å². The second-order valence-electron chi connectivity index (χ2n) is 9.14. The molecule has 1 fully saturated rings. The molecule has 9 nitrogen and oxygen atoms in total. The number of H-pyrrole nitrogens is 1. The smallest absolute Gasteiger partial charge is 0.305 e. The number of carbonyl (C=O) groups excluding carboxylic acids is 2. The van der Waals surface area contributed by atoms with Crippen molar-refractivity contribution < 1.29 is 19.2 Å². The normalized spacial score (nSPS) is 19.9. The van der Waals surface area contributed by atoms with Gasteiger partial charge in [0, 0.05) is 38.5 Å². The number of nitrogens with zero attached hydrogens (tertiary/aromatic N) is 2. The molecule has 1 aromatic heterocycles. The molecule has 2 aliphatic heterocycles. The molecule has 2 amide bonds. The molecule has 40 heavy (non-hydrogen) atoms. The number of non-ortho nitro benzene ring substituents is 1. The highest BCUT2D eigenvalue weighted by Gasteiger charge is 2.57.